The van der Waals surface area contributed by atoms with Gasteiger partial charge in [0, 0.05) is 16.8 Å². The van der Waals surface area contributed by atoms with Gasteiger partial charge in [-0.2, -0.15) is 0 Å². The molecule has 0 bridgehead atoms. The molecule has 0 saturated heterocycles. The summed E-state index contributed by atoms with van der Waals surface area (Å²) < 4.78 is 0. The van der Waals surface area contributed by atoms with Crippen molar-refractivity contribution in [2.75, 3.05) is 0 Å². The smallest absolute Gasteiger partial charge is 0.149 e. The molecule has 0 aliphatic heterocycles. The Morgan fingerprint density at radius 2 is 2.29 bits per heavy atom. The second-order valence-corrected chi connectivity index (χ2v) is 3.18. The van der Waals surface area contributed by atoms with E-state index in [1.807, 2.05) is 23.7 Å². The molecule has 4 heteroatoms. The average Bonchev–Trinajstić information content (AvgIpc) is 2.59. The highest BCUT2D eigenvalue weighted by molar-refractivity contribution is 5.98. The highest BCUT2D eigenvalue weighted by atomic mass is 16.5. The van der Waals surface area contributed by atoms with Crippen LogP contribution >= 0.6 is 0 Å². The molecule has 1 aromatic rings. The Hall–Kier alpha value is -1.81. The van der Waals surface area contributed by atoms with Gasteiger partial charge in [-0.15, -0.1) is 0 Å². The van der Waals surface area contributed by atoms with E-state index in [2.05, 4.69) is 0 Å². The van der Waals surface area contributed by atoms with Crippen LogP contribution in [-0.2, 0) is 6.42 Å². The molecule has 72 valence electrons. The van der Waals surface area contributed by atoms with Gasteiger partial charge in [-0.25, -0.2) is 0 Å². The Morgan fingerprint density at radius 1 is 1.50 bits per heavy atom. The van der Waals surface area contributed by atoms with Gasteiger partial charge in [0.15, 0.2) is 0 Å². The third-order valence-corrected chi connectivity index (χ3v) is 2.39. The van der Waals surface area contributed by atoms with E-state index in [0.29, 0.717) is 5.56 Å². The largest absolute Gasteiger partial charge is 0.398 e. The van der Waals surface area contributed by atoms with Crippen LogP contribution in [0.4, 0.5) is 0 Å². The number of amidine groups is 1. The third kappa shape index (κ3) is 1.16. The van der Waals surface area contributed by atoms with Crippen LogP contribution in [0.2, 0.25) is 0 Å². The molecule has 0 unspecified atom stereocenters. The van der Waals surface area contributed by atoms with Gasteiger partial charge in [-0.1, -0.05) is 24.3 Å². The fourth-order valence-corrected chi connectivity index (χ4v) is 1.69. The molecule has 1 aliphatic rings. The predicted octanol–water partition coefficient (Wildman–Crippen LogP) is 0.846. The number of hydrogen-bond acceptors (Lipinski definition) is 3. The molecule has 0 atom stereocenters. The maximum absolute atomic E-state index is 8.66. The van der Waals surface area contributed by atoms with E-state index in [9.17, 15) is 0 Å². The molecular weight excluding hydrogens is 178 g/mol. The standard InChI is InChI=1S/C10H11N3O/c11-9-5-4-6-7(9)2-1-3-8(6)10(12)13-14/h1-3,5,14H,4,11H2,(H2,12,13). The van der Waals surface area contributed by atoms with Crippen LogP contribution < -0.4 is 11.2 Å². The monoisotopic (exact) mass is 189 g/mol. The van der Waals surface area contributed by atoms with Crippen LogP contribution in [0.5, 0.6) is 0 Å². The second-order valence-electron chi connectivity index (χ2n) is 3.18. The van der Waals surface area contributed by atoms with E-state index in [-0.39, 0.29) is 5.84 Å². The Bertz CT molecular complexity index is 423. The molecule has 1 aromatic carbocycles. The quantitative estimate of drug-likeness (QED) is 0.300. The summed E-state index contributed by atoms with van der Waals surface area (Å²) in [6.45, 7) is 0. The Labute approximate surface area is 81.5 Å². The van der Waals surface area contributed by atoms with Crippen molar-refractivity contribution in [1.29, 1.82) is 5.41 Å². The molecule has 0 amide bonds. The maximum atomic E-state index is 8.66. The summed E-state index contributed by atoms with van der Waals surface area (Å²) in [5.41, 5.74) is 11.0. The van der Waals surface area contributed by atoms with Gasteiger partial charge in [0.2, 0.25) is 0 Å². The second kappa shape index (κ2) is 3.16. The minimum absolute atomic E-state index is 0.00458. The van der Waals surface area contributed by atoms with Gasteiger partial charge in [-0.05, 0) is 12.0 Å². The van der Waals surface area contributed by atoms with Crippen molar-refractivity contribution in [1.82, 2.24) is 5.48 Å². The molecule has 2 rings (SSSR count). The summed E-state index contributed by atoms with van der Waals surface area (Å²) in [4.78, 5) is 0. The molecular formula is C10H11N3O. The van der Waals surface area contributed by atoms with Crippen molar-refractivity contribution in [2.24, 2.45) is 5.73 Å². The minimum Gasteiger partial charge on any atom is -0.398 e. The molecule has 0 fully saturated rings. The van der Waals surface area contributed by atoms with Gasteiger partial charge in [0.05, 0.1) is 0 Å². The summed E-state index contributed by atoms with van der Waals surface area (Å²) in [5.74, 6) is 0.00458. The van der Waals surface area contributed by atoms with Crippen LogP contribution in [0.1, 0.15) is 16.7 Å². The molecule has 0 spiro atoms. The molecule has 0 radical (unpaired) electrons. The van der Waals surface area contributed by atoms with E-state index >= 15 is 0 Å². The summed E-state index contributed by atoms with van der Waals surface area (Å²) >= 11 is 0. The van der Waals surface area contributed by atoms with Crippen molar-refractivity contribution in [2.45, 2.75) is 6.42 Å². The number of benzene rings is 1. The molecule has 5 N–H and O–H groups in total. The van der Waals surface area contributed by atoms with E-state index in [1.54, 1.807) is 6.07 Å². The van der Waals surface area contributed by atoms with Crippen LogP contribution in [-0.4, -0.2) is 11.0 Å². The Balaban J connectivity index is 2.52. The van der Waals surface area contributed by atoms with Gasteiger partial charge < -0.3 is 5.73 Å². The lowest BCUT2D eigenvalue weighted by Crippen LogP contribution is -2.20. The lowest BCUT2D eigenvalue weighted by Gasteiger charge is -2.08. The summed E-state index contributed by atoms with van der Waals surface area (Å²) in [6.07, 6.45) is 2.64. The first-order valence-electron chi connectivity index (χ1n) is 4.31. The fourth-order valence-electron chi connectivity index (χ4n) is 1.69. The van der Waals surface area contributed by atoms with Crippen LogP contribution in [0.3, 0.4) is 0 Å². The van der Waals surface area contributed by atoms with Crippen molar-refractivity contribution in [3.05, 3.63) is 41.0 Å². The zero-order valence-corrected chi connectivity index (χ0v) is 7.54. The van der Waals surface area contributed by atoms with Crippen molar-refractivity contribution in [3.63, 3.8) is 0 Å². The topological polar surface area (TPSA) is 82.1 Å². The SMILES string of the molecule is N=C(NO)c1cccc2c1CC=C2N. The summed E-state index contributed by atoms with van der Waals surface area (Å²) in [6, 6.07) is 5.53. The minimum atomic E-state index is 0.00458. The fraction of sp³-hybridized carbons (Fsp3) is 0.100. The molecule has 1 aliphatic carbocycles. The van der Waals surface area contributed by atoms with E-state index in [0.717, 1.165) is 23.2 Å². The van der Waals surface area contributed by atoms with Gasteiger partial charge >= 0.3 is 0 Å². The maximum Gasteiger partial charge on any atom is 0.149 e. The summed E-state index contributed by atoms with van der Waals surface area (Å²) in [5, 5.41) is 16.2. The van der Waals surface area contributed by atoms with Crippen molar-refractivity contribution < 1.29 is 5.21 Å². The van der Waals surface area contributed by atoms with Gasteiger partial charge in [0.1, 0.15) is 5.84 Å². The Morgan fingerprint density at radius 3 is 3.00 bits per heavy atom. The molecule has 4 nitrogen and oxygen atoms in total. The number of hydrogen-bond donors (Lipinski definition) is 4. The summed E-state index contributed by atoms with van der Waals surface area (Å²) in [7, 11) is 0. The number of fused-ring (bicyclic) bond motifs is 1. The number of nitrogens with two attached hydrogens (primary N) is 1. The van der Waals surface area contributed by atoms with Gasteiger partial charge in [0.25, 0.3) is 0 Å². The average molecular weight is 189 g/mol. The number of hydroxylamine groups is 1. The lowest BCUT2D eigenvalue weighted by molar-refractivity contribution is 0.234. The third-order valence-electron chi connectivity index (χ3n) is 2.39. The predicted molar refractivity (Wildman–Crippen MR) is 54.1 cm³/mol. The zero-order valence-electron chi connectivity index (χ0n) is 7.54. The normalized spacial score (nSPS) is 13.4. The van der Waals surface area contributed by atoms with Crippen molar-refractivity contribution >= 4 is 11.5 Å². The molecule has 0 aromatic heterocycles. The van der Waals surface area contributed by atoms with Crippen LogP contribution in [0.25, 0.3) is 5.70 Å². The first kappa shape index (κ1) is 8.77. The first-order chi connectivity index (χ1) is 6.74. The lowest BCUT2D eigenvalue weighted by atomic mass is 10.0. The highest BCUT2D eigenvalue weighted by Gasteiger charge is 2.16. The number of rotatable bonds is 1. The number of allylic oxidation sites excluding steroid dienone is 1. The Kier molecular flexibility index (Phi) is 1.98. The zero-order chi connectivity index (χ0) is 10.1. The van der Waals surface area contributed by atoms with Crippen LogP contribution in [0.15, 0.2) is 24.3 Å². The molecule has 14 heavy (non-hydrogen) atoms. The first-order valence-corrected chi connectivity index (χ1v) is 4.31. The van der Waals surface area contributed by atoms with E-state index < -0.39 is 0 Å². The van der Waals surface area contributed by atoms with Crippen LogP contribution in [0, 0.1) is 5.41 Å². The van der Waals surface area contributed by atoms with Crippen molar-refractivity contribution in [3.8, 4) is 0 Å². The van der Waals surface area contributed by atoms with E-state index in [4.69, 9.17) is 16.4 Å². The highest BCUT2D eigenvalue weighted by Crippen LogP contribution is 2.26. The molecule has 0 heterocycles. The van der Waals surface area contributed by atoms with Gasteiger partial charge in [-0.3, -0.25) is 16.1 Å². The molecule has 0 saturated carbocycles. The van der Waals surface area contributed by atoms with E-state index in [1.165, 1.54) is 0 Å². The number of nitrogens with one attached hydrogen (secondary N) is 2.